The van der Waals surface area contributed by atoms with Crippen molar-refractivity contribution >= 4 is 11.6 Å². The predicted molar refractivity (Wildman–Crippen MR) is 71.3 cm³/mol. The molecule has 1 unspecified atom stereocenters. The van der Waals surface area contributed by atoms with Gasteiger partial charge in [0.1, 0.15) is 5.75 Å². The average Bonchev–Trinajstić information content (AvgIpc) is 2.85. The maximum absolute atomic E-state index is 11.6. The van der Waals surface area contributed by atoms with Gasteiger partial charge in [0.2, 0.25) is 5.91 Å². The van der Waals surface area contributed by atoms with Crippen LogP contribution in [0.1, 0.15) is 26.7 Å². The molecular weight excluding hydrogens is 228 g/mol. The largest absolute Gasteiger partial charge is 0.493 e. The summed E-state index contributed by atoms with van der Waals surface area (Å²) in [5.41, 5.74) is 6.57. The van der Waals surface area contributed by atoms with Gasteiger partial charge >= 0.3 is 0 Å². The fourth-order valence-corrected chi connectivity index (χ4v) is 1.85. The van der Waals surface area contributed by atoms with Crippen LogP contribution in [0.25, 0.3) is 0 Å². The minimum absolute atomic E-state index is 0.0504. The summed E-state index contributed by atoms with van der Waals surface area (Å²) < 4.78 is 5.47. The molecule has 0 aromatic heterocycles. The molecule has 0 aliphatic heterocycles. The lowest BCUT2D eigenvalue weighted by atomic mass is 10.2. The third-order valence-corrected chi connectivity index (χ3v) is 3.30. The molecular formula is C14H20N2O2. The number of amides is 1. The Labute approximate surface area is 108 Å². The lowest BCUT2D eigenvalue weighted by molar-refractivity contribution is -0.121. The molecule has 0 spiro atoms. The van der Waals surface area contributed by atoms with Crippen LogP contribution in [0.3, 0.4) is 0 Å². The van der Waals surface area contributed by atoms with Crippen molar-refractivity contribution in [2.45, 2.75) is 32.7 Å². The van der Waals surface area contributed by atoms with Crippen molar-refractivity contribution in [3.8, 4) is 5.75 Å². The first-order chi connectivity index (χ1) is 8.47. The van der Waals surface area contributed by atoms with E-state index in [4.69, 9.17) is 10.5 Å². The molecule has 0 heterocycles. The summed E-state index contributed by atoms with van der Waals surface area (Å²) in [6, 6.07) is 7.55. The van der Waals surface area contributed by atoms with Gasteiger partial charge in [-0.1, -0.05) is 19.9 Å². The van der Waals surface area contributed by atoms with Crippen LogP contribution in [0.5, 0.6) is 5.75 Å². The minimum Gasteiger partial charge on any atom is -0.493 e. The van der Waals surface area contributed by atoms with E-state index < -0.39 is 0 Å². The summed E-state index contributed by atoms with van der Waals surface area (Å²) in [6.45, 7) is 4.69. The molecule has 3 N–H and O–H groups in total. The first-order valence-electron chi connectivity index (χ1n) is 6.25. The van der Waals surface area contributed by atoms with E-state index in [9.17, 15) is 4.79 Å². The van der Waals surface area contributed by atoms with E-state index in [0.29, 0.717) is 30.5 Å². The lowest BCUT2D eigenvalue weighted by Crippen LogP contribution is -2.29. The van der Waals surface area contributed by atoms with Crippen LogP contribution in [0.2, 0.25) is 0 Å². The van der Waals surface area contributed by atoms with Gasteiger partial charge in [0.25, 0.3) is 0 Å². The second-order valence-corrected chi connectivity index (χ2v) is 5.48. The van der Waals surface area contributed by atoms with Crippen LogP contribution in [-0.4, -0.2) is 18.6 Å². The van der Waals surface area contributed by atoms with Crippen LogP contribution in [0.15, 0.2) is 24.3 Å². The van der Waals surface area contributed by atoms with Gasteiger partial charge in [0, 0.05) is 17.8 Å². The highest BCUT2D eigenvalue weighted by Crippen LogP contribution is 2.44. The van der Waals surface area contributed by atoms with Gasteiger partial charge in [-0.15, -0.1) is 0 Å². The number of carbonyl (C=O) groups is 1. The Morgan fingerprint density at radius 2 is 2.28 bits per heavy atom. The SMILES string of the molecule is CC1(C)CC1NC(=O)CCOc1cccc(N)c1. The summed E-state index contributed by atoms with van der Waals surface area (Å²) in [5.74, 6) is 0.754. The average molecular weight is 248 g/mol. The Balaban J connectivity index is 1.68. The number of ether oxygens (including phenoxy) is 1. The van der Waals surface area contributed by atoms with E-state index in [1.54, 1.807) is 12.1 Å². The van der Waals surface area contributed by atoms with Crippen molar-refractivity contribution in [2.75, 3.05) is 12.3 Å². The molecule has 0 bridgehead atoms. The highest BCUT2D eigenvalue weighted by Gasteiger charge is 2.46. The van der Waals surface area contributed by atoms with Crippen LogP contribution in [0.4, 0.5) is 5.69 Å². The third-order valence-electron chi connectivity index (χ3n) is 3.30. The normalized spacial score (nSPS) is 20.2. The summed E-state index contributed by atoms with van der Waals surface area (Å²) in [7, 11) is 0. The van der Waals surface area contributed by atoms with Crippen molar-refractivity contribution in [3.05, 3.63) is 24.3 Å². The molecule has 1 aliphatic rings. The fraction of sp³-hybridized carbons (Fsp3) is 0.500. The summed E-state index contributed by atoms with van der Waals surface area (Å²) in [4.78, 5) is 11.6. The summed E-state index contributed by atoms with van der Waals surface area (Å²) >= 11 is 0. The van der Waals surface area contributed by atoms with Gasteiger partial charge in [0.05, 0.1) is 13.0 Å². The molecule has 18 heavy (non-hydrogen) atoms. The Hall–Kier alpha value is -1.71. The van der Waals surface area contributed by atoms with Gasteiger partial charge in [0.15, 0.2) is 0 Å². The number of anilines is 1. The van der Waals surface area contributed by atoms with Crippen molar-refractivity contribution in [1.29, 1.82) is 0 Å². The van der Waals surface area contributed by atoms with Crippen molar-refractivity contribution < 1.29 is 9.53 Å². The number of hydrogen-bond donors (Lipinski definition) is 2. The van der Waals surface area contributed by atoms with E-state index in [2.05, 4.69) is 19.2 Å². The highest BCUT2D eigenvalue weighted by molar-refractivity contribution is 5.76. The first-order valence-corrected chi connectivity index (χ1v) is 6.25. The van der Waals surface area contributed by atoms with Crippen LogP contribution in [0, 0.1) is 5.41 Å². The number of benzene rings is 1. The zero-order valence-corrected chi connectivity index (χ0v) is 10.9. The zero-order valence-electron chi connectivity index (χ0n) is 10.9. The number of rotatable bonds is 5. The minimum atomic E-state index is 0.0504. The van der Waals surface area contributed by atoms with Gasteiger partial charge in [-0.2, -0.15) is 0 Å². The molecule has 4 nitrogen and oxygen atoms in total. The van der Waals surface area contributed by atoms with Gasteiger partial charge in [-0.3, -0.25) is 4.79 Å². The van der Waals surface area contributed by atoms with Crippen molar-refractivity contribution in [3.63, 3.8) is 0 Å². The van der Waals surface area contributed by atoms with E-state index >= 15 is 0 Å². The molecule has 2 rings (SSSR count). The summed E-state index contributed by atoms with van der Waals surface area (Å²) in [6.07, 6.45) is 1.44. The molecule has 1 aliphatic carbocycles. The number of carbonyl (C=O) groups excluding carboxylic acids is 1. The highest BCUT2D eigenvalue weighted by atomic mass is 16.5. The van der Waals surface area contributed by atoms with E-state index in [1.807, 2.05) is 12.1 Å². The Kier molecular flexibility index (Phi) is 3.45. The van der Waals surface area contributed by atoms with Gasteiger partial charge in [-0.05, 0) is 24.0 Å². The van der Waals surface area contributed by atoms with Gasteiger partial charge < -0.3 is 15.8 Å². The molecule has 1 saturated carbocycles. The zero-order chi connectivity index (χ0) is 13.2. The lowest BCUT2D eigenvalue weighted by Gasteiger charge is -2.08. The van der Waals surface area contributed by atoms with E-state index in [-0.39, 0.29) is 11.3 Å². The number of nitrogens with one attached hydrogen (secondary N) is 1. The molecule has 4 heteroatoms. The van der Waals surface area contributed by atoms with Crippen LogP contribution >= 0.6 is 0 Å². The molecule has 1 fully saturated rings. The number of hydrogen-bond acceptors (Lipinski definition) is 3. The molecule has 1 aromatic rings. The monoisotopic (exact) mass is 248 g/mol. The molecule has 0 saturated heterocycles. The predicted octanol–water partition coefficient (Wildman–Crippen LogP) is 1.95. The molecule has 98 valence electrons. The van der Waals surface area contributed by atoms with Crippen molar-refractivity contribution in [1.82, 2.24) is 5.32 Å². The van der Waals surface area contributed by atoms with Crippen LogP contribution < -0.4 is 15.8 Å². The van der Waals surface area contributed by atoms with Crippen molar-refractivity contribution in [2.24, 2.45) is 5.41 Å². The Morgan fingerprint density at radius 1 is 1.56 bits per heavy atom. The quantitative estimate of drug-likeness (QED) is 0.783. The fourth-order valence-electron chi connectivity index (χ4n) is 1.85. The van der Waals surface area contributed by atoms with Crippen LogP contribution in [-0.2, 0) is 4.79 Å². The Bertz CT molecular complexity index is 443. The topological polar surface area (TPSA) is 64.3 Å². The second kappa shape index (κ2) is 4.88. The first kappa shape index (κ1) is 12.7. The molecule has 1 aromatic carbocycles. The second-order valence-electron chi connectivity index (χ2n) is 5.48. The standard InChI is InChI=1S/C14H20N2O2/c1-14(2)9-12(14)16-13(17)6-7-18-11-5-3-4-10(15)8-11/h3-5,8,12H,6-7,9,15H2,1-2H3,(H,16,17). The number of nitrogen functional groups attached to an aromatic ring is 1. The number of nitrogens with two attached hydrogens (primary N) is 1. The molecule has 1 atom stereocenters. The smallest absolute Gasteiger partial charge is 0.223 e. The Morgan fingerprint density at radius 3 is 2.89 bits per heavy atom. The maximum atomic E-state index is 11.6. The van der Waals surface area contributed by atoms with Gasteiger partial charge in [-0.25, -0.2) is 0 Å². The third kappa shape index (κ3) is 3.39. The van der Waals surface area contributed by atoms with E-state index in [1.165, 1.54) is 0 Å². The summed E-state index contributed by atoms with van der Waals surface area (Å²) in [5, 5.41) is 3.00. The molecule has 0 radical (unpaired) electrons. The maximum Gasteiger partial charge on any atom is 0.223 e. The van der Waals surface area contributed by atoms with E-state index in [0.717, 1.165) is 6.42 Å². The molecule has 1 amide bonds.